The van der Waals surface area contributed by atoms with E-state index in [2.05, 4.69) is 10.6 Å². The molecule has 3 N–H and O–H groups in total. The number of ether oxygens (including phenoxy) is 1. The fourth-order valence-electron chi connectivity index (χ4n) is 1.94. The third kappa shape index (κ3) is 3.03. The lowest BCUT2D eigenvalue weighted by Gasteiger charge is -2.12. The molecule has 6 heteroatoms. The molecule has 1 aliphatic heterocycles. The van der Waals surface area contributed by atoms with Crippen molar-refractivity contribution >= 4 is 11.8 Å². The third-order valence-corrected chi connectivity index (χ3v) is 3.06. The number of hydrogen-bond donors (Lipinski definition) is 3. The first-order valence-electron chi connectivity index (χ1n) is 5.98. The Labute approximate surface area is 110 Å². The van der Waals surface area contributed by atoms with Gasteiger partial charge in [-0.3, -0.25) is 9.59 Å². The average Bonchev–Trinajstić information content (AvgIpc) is 2.76. The van der Waals surface area contributed by atoms with Crippen LogP contribution in [-0.2, 0) is 16.1 Å². The fourth-order valence-corrected chi connectivity index (χ4v) is 1.94. The van der Waals surface area contributed by atoms with Crippen LogP contribution in [0.4, 0.5) is 0 Å². The Kier molecular flexibility index (Phi) is 4.01. The van der Waals surface area contributed by atoms with Gasteiger partial charge in [-0.1, -0.05) is 12.1 Å². The molecule has 0 aliphatic carbocycles. The molecular formula is C13H16N2O4. The summed E-state index contributed by atoms with van der Waals surface area (Å²) in [6.07, 6.45) is -0.955. The van der Waals surface area contributed by atoms with Crippen LogP contribution < -0.4 is 15.4 Å². The molecule has 1 heterocycles. The van der Waals surface area contributed by atoms with E-state index in [1.54, 1.807) is 19.2 Å². The lowest BCUT2D eigenvalue weighted by atomic mass is 10.0. The fraction of sp³-hybridized carbons (Fsp3) is 0.385. The van der Waals surface area contributed by atoms with Crippen molar-refractivity contribution < 1.29 is 19.4 Å². The molecule has 1 aromatic rings. The quantitative estimate of drug-likeness (QED) is 0.635. The van der Waals surface area contributed by atoms with Crippen LogP contribution in [0.25, 0.3) is 0 Å². The van der Waals surface area contributed by atoms with Gasteiger partial charge in [-0.05, 0) is 17.7 Å². The number of carbonyl (C=O) groups excluding carboxylic acids is 2. The van der Waals surface area contributed by atoms with Crippen LogP contribution in [0.15, 0.2) is 24.3 Å². The molecule has 1 saturated heterocycles. The Balaban J connectivity index is 1.90. The van der Waals surface area contributed by atoms with E-state index in [0.29, 0.717) is 6.54 Å². The maximum Gasteiger partial charge on any atom is 0.235 e. The number of carbonyl (C=O) groups is 2. The van der Waals surface area contributed by atoms with Crippen LogP contribution >= 0.6 is 0 Å². The van der Waals surface area contributed by atoms with Crippen LogP contribution in [0.3, 0.4) is 0 Å². The number of aliphatic hydroxyl groups is 1. The second-order valence-electron chi connectivity index (χ2n) is 4.36. The Bertz CT molecular complexity index is 472. The predicted octanol–water partition coefficient (Wildman–Crippen LogP) is -0.582. The van der Waals surface area contributed by atoms with E-state index in [1.807, 2.05) is 12.1 Å². The van der Waals surface area contributed by atoms with E-state index in [-0.39, 0.29) is 6.54 Å². The van der Waals surface area contributed by atoms with Gasteiger partial charge in [0.1, 0.15) is 11.7 Å². The van der Waals surface area contributed by atoms with Gasteiger partial charge in [0.15, 0.2) is 0 Å². The summed E-state index contributed by atoms with van der Waals surface area (Å²) >= 11 is 0. The molecule has 2 amide bonds. The van der Waals surface area contributed by atoms with E-state index in [0.717, 1.165) is 11.3 Å². The third-order valence-electron chi connectivity index (χ3n) is 3.06. The average molecular weight is 264 g/mol. The molecule has 19 heavy (non-hydrogen) atoms. The molecule has 0 aromatic heterocycles. The Morgan fingerprint density at radius 2 is 2.16 bits per heavy atom. The molecule has 6 nitrogen and oxygen atoms in total. The first-order chi connectivity index (χ1) is 9.11. The minimum atomic E-state index is -1.02. The Hall–Kier alpha value is -2.08. The lowest BCUT2D eigenvalue weighted by molar-refractivity contribution is -0.135. The number of nitrogens with one attached hydrogen (secondary N) is 2. The summed E-state index contributed by atoms with van der Waals surface area (Å²) in [4.78, 5) is 23.2. The van der Waals surface area contributed by atoms with Crippen LogP contribution in [0.2, 0.25) is 0 Å². The van der Waals surface area contributed by atoms with Gasteiger partial charge in [0.25, 0.3) is 0 Å². The largest absolute Gasteiger partial charge is 0.497 e. The Morgan fingerprint density at radius 3 is 2.68 bits per heavy atom. The lowest BCUT2D eigenvalue weighted by Crippen LogP contribution is -2.39. The number of amides is 2. The normalized spacial score (nSPS) is 21.9. The number of aliphatic hydroxyl groups excluding tert-OH is 1. The van der Waals surface area contributed by atoms with Crippen molar-refractivity contribution in [3.05, 3.63) is 29.8 Å². The van der Waals surface area contributed by atoms with Crippen LogP contribution in [-0.4, -0.2) is 36.7 Å². The molecule has 0 spiro atoms. The first kappa shape index (κ1) is 13.4. The van der Waals surface area contributed by atoms with Crippen molar-refractivity contribution in [3.8, 4) is 5.75 Å². The van der Waals surface area contributed by atoms with E-state index < -0.39 is 23.8 Å². The highest BCUT2D eigenvalue weighted by atomic mass is 16.5. The summed E-state index contributed by atoms with van der Waals surface area (Å²) in [5, 5.41) is 14.6. The smallest absolute Gasteiger partial charge is 0.235 e. The molecule has 1 aromatic carbocycles. The first-order valence-corrected chi connectivity index (χ1v) is 5.98. The summed E-state index contributed by atoms with van der Waals surface area (Å²) in [7, 11) is 1.58. The summed E-state index contributed by atoms with van der Waals surface area (Å²) in [5.74, 6) is -1.17. The van der Waals surface area contributed by atoms with Crippen molar-refractivity contribution in [1.82, 2.24) is 10.6 Å². The predicted molar refractivity (Wildman–Crippen MR) is 67.3 cm³/mol. The molecule has 2 unspecified atom stereocenters. The number of β-amino-alcohol motifs (C(OH)–C–C–N with tert-alkyl or cyclic N) is 1. The molecule has 1 aliphatic rings. The summed E-state index contributed by atoms with van der Waals surface area (Å²) in [6, 6.07) is 7.23. The SMILES string of the molecule is COc1ccc(CNC(=O)C2C(=O)NCC2O)cc1. The van der Waals surface area contributed by atoms with E-state index in [4.69, 9.17) is 4.74 Å². The summed E-state index contributed by atoms with van der Waals surface area (Å²) in [5.41, 5.74) is 0.891. The molecule has 2 atom stereocenters. The number of benzene rings is 1. The maximum atomic E-state index is 11.8. The molecule has 2 rings (SSSR count). The second-order valence-corrected chi connectivity index (χ2v) is 4.36. The topological polar surface area (TPSA) is 87.7 Å². The maximum absolute atomic E-state index is 11.8. The zero-order valence-electron chi connectivity index (χ0n) is 10.6. The molecule has 0 bridgehead atoms. The van der Waals surface area contributed by atoms with Crippen molar-refractivity contribution in [1.29, 1.82) is 0 Å². The van der Waals surface area contributed by atoms with E-state index >= 15 is 0 Å². The van der Waals surface area contributed by atoms with Crippen molar-refractivity contribution in [2.45, 2.75) is 12.6 Å². The van der Waals surface area contributed by atoms with Gasteiger partial charge in [0.05, 0.1) is 13.2 Å². The highest BCUT2D eigenvalue weighted by molar-refractivity contribution is 6.02. The van der Waals surface area contributed by atoms with E-state index in [1.165, 1.54) is 0 Å². The van der Waals surface area contributed by atoms with Crippen LogP contribution in [0.5, 0.6) is 5.75 Å². The van der Waals surface area contributed by atoms with Crippen molar-refractivity contribution in [3.63, 3.8) is 0 Å². The highest BCUT2D eigenvalue weighted by Gasteiger charge is 2.38. The zero-order chi connectivity index (χ0) is 13.8. The van der Waals surface area contributed by atoms with E-state index in [9.17, 15) is 14.7 Å². The second kappa shape index (κ2) is 5.71. The molecule has 102 valence electrons. The van der Waals surface area contributed by atoms with Gasteiger partial charge in [-0.15, -0.1) is 0 Å². The summed E-state index contributed by atoms with van der Waals surface area (Å²) < 4.78 is 5.03. The summed E-state index contributed by atoms with van der Waals surface area (Å²) in [6.45, 7) is 0.429. The zero-order valence-corrected chi connectivity index (χ0v) is 10.6. The van der Waals surface area contributed by atoms with Gasteiger partial charge in [0, 0.05) is 13.1 Å². The highest BCUT2D eigenvalue weighted by Crippen LogP contribution is 2.13. The minimum Gasteiger partial charge on any atom is -0.497 e. The van der Waals surface area contributed by atoms with Crippen LogP contribution in [0, 0.1) is 5.92 Å². The number of rotatable bonds is 4. The van der Waals surface area contributed by atoms with Gasteiger partial charge in [-0.25, -0.2) is 0 Å². The number of hydrogen-bond acceptors (Lipinski definition) is 4. The monoisotopic (exact) mass is 264 g/mol. The molecule has 0 radical (unpaired) electrons. The van der Waals surface area contributed by atoms with Gasteiger partial charge < -0.3 is 20.5 Å². The number of methoxy groups -OCH3 is 1. The standard InChI is InChI=1S/C13H16N2O4/c1-19-9-4-2-8(3-5-9)6-14-12(17)11-10(16)7-15-13(11)18/h2-5,10-11,16H,6-7H2,1H3,(H,14,17)(H,15,18). The van der Waals surface area contributed by atoms with Gasteiger partial charge in [-0.2, -0.15) is 0 Å². The van der Waals surface area contributed by atoms with Crippen LogP contribution in [0.1, 0.15) is 5.56 Å². The van der Waals surface area contributed by atoms with Gasteiger partial charge in [0.2, 0.25) is 11.8 Å². The molecule has 1 fully saturated rings. The van der Waals surface area contributed by atoms with Crippen molar-refractivity contribution in [2.24, 2.45) is 5.92 Å². The minimum absolute atomic E-state index is 0.124. The molecule has 0 saturated carbocycles. The molecular weight excluding hydrogens is 248 g/mol. The van der Waals surface area contributed by atoms with Gasteiger partial charge >= 0.3 is 0 Å². The van der Waals surface area contributed by atoms with Crippen molar-refractivity contribution in [2.75, 3.05) is 13.7 Å². The Morgan fingerprint density at radius 1 is 1.47 bits per heavy atom.